The van der Waals surface area contributed by atoms with Crippen molar-refractivity contribution >= 4 is 27.0 Å². The fourth-order valence-electron chi connectivity index (χ4n) is 3.06. The second kappa shape index (κ2) is 8.41. The van der Waals surface area contributed by atoms with Crippen LogP contribution in [0.5, 0.6) is 5.75 Å². The number of nitrogens with one attached hydrogen (secondary N) is 1. The van der Waals surface area contributed by atoms with Gasteiger partial charge in [-0.25, -0.2) is 18.0 Å². The number of benzene rings is 2. The Bertz CT molecular complexity index is 1260. The van der Waals surface area contributed by atoms with Crippen LogP contribution in [0.1, 0.15) is 30.0 Å². The molecule has 0 saturated heterocycles. The van der Waals surface area contributed by atoms with E-state index in [0.29, 0.717) is 11.1 Å². The van der Waals surface area contributed by atoms with Gasteiger partial charge in [-0.1, -0.05) is 24.6 Å². The van der Waals surface area contributed by atoms with E-state index in [1.54, 1.807) is 45.0 Å². The monoisotopic (exact) mass is 429 g/mol. The number of hydrogen-bond acceptors (Lipinski definition) is 6. The van der Waals surface area contributed by atoms with Crippen molar-refractivity contribution in [2.24, 2.45) is 0 Å². The third-order valence-electron chi connectivity index (χ3n) is 4.85. The Morgan fingerprint density at radius 3 is 2.40 bits per heavy atom. The molecule has 0 saturated carbocycles. The summed E-state index contributed by atoms with van der Waals surface area (Å²) in [4.78, 5) is 24.5. The van der Waals surface area contributed by atoms with Crippen molar-refractivity contribution in [1.29, 1.82) is 0 Å². The molecule has 1 atom stereocenters. The number of esters is 1. The van der Waals surface area contributed by atoms with Crippen LogP contribution in [-0.4, -0.2) is 20.4 Å². The smallest absolute Gasteiger partial charge is 0.336 e. The van der Waals surface area contributed by atoms with Gasteiger partial charge in [0.1, 0.15) is 17.4 Å². The Hall–Kier alpha value is -2.97. The van der Waals surface area contributed by atoms with Gasteiger partial charge in [0.15, 0.2) is 0 Å². The first-order chi connectivity index (χ1) is 14.1. The van der Waals surface area contributed by atoms with Gasteiger partial charge >= 0.3 is 11.6 Å². The maximum absolute atomic E-state index is 12.7. The van der Waals surface area contributed by atoms with Crippen molar-refractivity contribution in [1.82, 2.24) is 4.72 Å². The minimum absolute atomic E-state index is 0.0680. The van der Waals surface area contributed by atoms with E-state index in [1.165, 1.54) is 18.2 Å². The SMILES string of the molecule is CC[C@@H](NS(=O)(=O)c1ccc(C)cc1)C(=O)Oc1ccc2c(C)cc(=O)oc2c1C. The van der Waals surface area contributed by atoms with E-state index < -0.39 is 27.7 Å². The fourth-order valence-corrected chi connectivity index (χ4v) is 4.33. The van der Waals surface area contributed by atoms with E-state index in [2.05, 4.69) is 4.72 Å². The second-order valence-electron chi connectivity index (χ2n) is 7.13. The zero-order valence-corrected chi connectivity index (χ0v) is 18.0. The number of sulfonamides is 1. The molecule has 1 heterocycles. The summed E-state index contributed by atoms with van der Waals surface area (Å²) in [6.07, 6.45) is 0.199. The van der Waals surface area contributed by atoms with Crippen molar-refractivity contribution in [3.05, 3.63) is 69.6 Å². The first kappa shape index (κ1) is 21.7. The van der Waals surface area contributed by atoms with Crippen LogP contribution < -0.4 is 15.1 Å². The molecule has 0 aliphatic rings. The van der Waals surface area contributed by atoms with Crippen LogP contribution in [0.4, 0.5) is 0 Å². The number of carbonyl (C=O) groups is 1. The van der Waals surface area contributed by atoms with E-state index in [0.717, 1.165) is 16.5 Å². The van der Waals surface area contributed by atoms with Crippen molar-refractivity contribution in [3.8, 4) is 5.75 Å². The highest BCUT2D eigenvalue weighted by atomic mass is 32.2. The van der Waals surface area contributed by atoms with Gasteiger partial charge in [-0.05, 0) is 57.0 Å². The Morgan fingerprint density at radius 2 is 1.77 bits per heavy atom. The lowest BCUT2D eigenvalue weighted by Gasteiger charge is -2.17. The van der Waals surface area contributed by atoms with E-state index in [1.807, 2.05) is 6.92 Å². The molecule has 8 heteroatoms. The molecule has 0 aliphatic heterocycles. The molecule has 0 spiro atoms. The molecule has 30 heavy (non-hydrogen) atoms. The molecular weight excluding hydrogens is 406 g/mol. The first-order valence-corrected chi connectivity index (χ1v) is 11.0. The average Bonchev–Trinajstić information content (AvgIpc) is 2.69. The summed E-state index contributed by atoms with van der Waals surface area (Å²) in [5.41, 5.74) is 1.99. The molecule has 7 nitrogen and oxygen atoms in total. The standard InChI is InChI=1S/C22H23NO6S/c1-5-18(23-30(26,27)16-8-6-13(2)7-9-16)22(25)28-19-11-10-17-14(3)12-20(24)29-21(17)15(19)4/h6-12,18,23H,5H2,1-4H3/t18-/m1/s1. The normalized spacial score (nSPS) is 12.7. The van der Waals surface area contributed by atoms with E-state index in [4.69, 9.17) is 9.15 Å². The van der Waals surface area contributed by atoms with Crippen LogP contribution in [0.2, 0.25) is 0 Å². The van der Waals surface area contributed by atoms with Crippen molar-refractivity contribution in [3.63, 3.8) is 0 Å². The summed E-state index contributed by atoms with van der Waals surface area (Å²) < 4.78 is 38.4. The molecule has 2 aromatic carbocycles. The molecule has 0 radical (unpaired) electrons. The van der Waals surface area contributed by atoms with Gasteiger partial charge in [0.05, 0.1) is 4.90 Å². The molecule has 0 aliphatic carbocycles. The van der Waals surface area contributed by atoms with Gasteiger partial charge in [-0.2, -0.15) is 4.72 Å². The highest BCUT2D eigenvalue weighted by molar-refractivity contribution is 7.89. The van der Waals surface area contributed by atoms with Crippen molar-refractivity contribution in [2.45, 2.75) is 45.1 Å². The minimum Gasteiger partial charge on any atom is -0.425 e. The number of carbonyl (C=O) groups excluding carboxylic acids is 1. The van der Waals surface area contributed by atoms with Gasteiger partial charge in [0.2, 0.25) is 10.0 Å². The van der Waals surface area contributed by atoms with Crippen LogP contribution in [0, 0.1) is 20.8 Å². The minimum atomic E-state index is -3.89. The lowest BCUT2D eigenvalue weighted by atomic mass is 10.1. The van der Waals surface area contributed by atoms with E-state index in [9.17, 15) is 18.0 Å². The third-order valence-corrected chi connectivity index (χ3v) is 6.34. The number of aryl methyl sites for hydroxylation is 3. The van der Waals surface area contributed by atoms with Crippen LogP contribution in [0.25, 0.3) is 11.0 Å². The Morgan fingerprint density at radius 1 is 1.10 bits per heavy atom. The summed E-state index contributed by atoms with van der Waals surface area (Å²) in [6.45, 7) is 6.99. The van der Waals surface area contributed by atoms with Gasteiger partial charge in [0.25, 0.3) is 0 Å². The van der Waals surface area contributed by atoms with Gasteiger partial charge in [0, 0.05) is 17.0 Å². The summed E-state index contributed by atoms with van der Waals surface area (Å²) in [5.74, 6) is -0.542. The lowest BCUT2D eigenvalue weighted by Crippen LogP contribution is -2.42. The quantitative estimate of drug-likeness (QED) is 0.366. The molecule has 1 N–H and O–H groups in total. The van der Waals surface area contributed by atoms with Crippen molar-refractivity contribution in [2.75, 3.05) is 0 Å². The summed E-state index contributed by atoms with van der Waals surface area (Å²) in [6, 6.07) is 9.94. The molecule has 0 amide bonds. The maximum Gasteiger partial charge on any atom is 0.336 e. The average molecular weight is 429 g/mol. The molecule has 3 rings (SSSR count). The topological polar surface area (TPSA) is 103 Å². The molecular formula is C22H23NO6S. The van der Waals surface area contributed by atoms with Crippen LogP contribution in [-0.2, 0) is 14.8 Å². The Balaban J connectivity index is 1.86. The first-order valence-electron chi connectivity index (χ1n) is 9.47. The largest absolute Gasteiger partial charge is 0.425 e. The maximum atomic E-state index is 12.7. The third kappa shape index (κ3) is 4.44. The second-order valence-corrected chi connectivity index (χ2v) is 8.84. The zero-order valence-electron chi connectivity index (χ0n) is 17.2. The number of hydrogen-bond donors (Lipinski definition) is 1. The predicted molar refractivity (Wildman–Crippen MR) is 113 cm³/mol. The summed E-state index contributed by atoms with van der Waals surface area (Å²) >= 11 is 0. The predicted octanol–water partition coefficient (Wildman–Crippen LogP) is 3.38. The fraction of sp³-hybridized carbons (Fsp3) is 0.273. The van der Waals surface area contributed by atoms with Crippen molar-refractivity contribution < 1.29 is 22.4 Å². The highest BCUT2D eigenvalue weighted by Gasteiger charge is 2.26. The van der Waals surface area contributed by atoms with Crippen LogP contribution in [0.15, 0.2) is 56.6 Å². The number of fused-ring (bicyclic) bond motifs is 1. The zero-order chi connectivity index (χ0) is 22.1. The van der Waals surface area contributed by atoms with E-state index >= 15 is 0 Å². The summed E-state index contributed by atoms with van der Waals surface area (Å²) in [7, 11) is -3.89. The highest BCUT2D eigenvalue weighted by Crippen LogP contribution is 2.28. The molecule has 158 valence electrons. The van der Waals surface area contributed by atoms with Gasteiger partial charge < -0.3 is 9.15 Å². The van der Waals surface area contributed by atoms with Gasteiger partial charge in [-0.3, -0.25) is 0 Å². The van der Waals surface area contributed by atoms with Crippen LogP contribution >= 0.6 is 0 Å². The number of rotatable bonds is 6. The molecule has 0 fully saturated rings. The molecule has 0 unspecified atom stereocenters. The van der Waals surface area contributed by atoms with Crippen LogP contribution in [0.3, 0.4) is 0 Å². The molecule has 3 aromatic rings. The van der Waals surface area contributed by atoms with E-state index in [-0.39, 0.29) is 17.1 Å². The lowest BCUT2D eigenvalue weighted by molar-refractivity contribution is -0.136. The molecule has 0 bridgehead atoms. The Labute approximate surface area is 174 Å². The van der Waals surface area contributed by atoms with Gasteiger partial charge in [-0.15, -0.1) is 0 Å². The number of ether oxygens (including phenoxy) is 1. The Kier molecular flexibility index (Phi) is 6.09. The molecule has 1 aromatic heterocycles. The summed E-state index contributed by atoms with van der Waals surface area (Å²) in [5, 5.41) is 0.735.